The van der Waals surface area contributed by atoms with E-state index in [1.54, 1.807) is 31.2 Å². The number of esters is 1. The van der Waals surface area contributed by atoms with Gasteiger partial charge in [0.1, 0.15) is 0 Å². The molecule has 1 aromatic carbocycles. The second-order valence-electron chi connectivity index (χ2n) is 6.26. The molecule has 7 heteroatoms. The Kier molecular flexibility index (Phi) is 5.16. The van der Waals surface area contributed by atoms with E-state index in [9.17, 15) is 19.2 Å². The van der Waals surface area contributed by atoms with E-state index in [0.29, 0.717) is 41.8 Å². The lowest BCUT2D eigenvalue weighted by molar-refractivity contribution is -0.128. The highest BCUT2D eigenvalue weighted by atomic mass is 16.5. The lowest BCUT2D eigenvalue weighted by Crippen LogP contribution is -2.41. The van der Waals surface area contributed by atoms with Crippen molar-refractivity contribution in [2.75, 3.05) is 11.9 Å². The second kappa shape index (κ2) is 7.51. The molecule has 1 aliphatic heterocycles. The Morgan fingerprint density at radius 2 is 1.92 bits per heavy atom. The summed E-state index contributed by atoms with van der Waals surface area (Å²) in [5.74, 6) is -1.94. The molecule has 0 radical (unpaired) electrons. The molecule has 0 saturated heterocycles. The predicted octanol–water partition coefficient (Wildman–Crippen LogP) is 1.94. The number of carbonyl (C=O) groups excluding carboxylic acids is 4. The SMILES string of the molecule is CCOC(=O)c1ccc(NC(=O)[C@H]2CC(=O)NC3=C2C(=O)CCC3)cc1. The Morgan fingerprint density at radius 1 is 1.19 bits per heavy atom. The van der Waals surface area contributed by atoms with Gasteiger partial charge in [0.2, 0.25) is 11.8 Å². The summed E-state index contributed by atoms with van der Waals surface area (Å²) in [6.07, 6.45) is 1.64. The molecule has 136 valence electrons. The van der Waals surface area contributed by atoms with Crippen LogP contribution in [0, 0.1) is 5.92 Å². The number of ether oxygens (including phenoxy) is 1. The van der Waals surface area contributed by atoms with Gasteiger partial charge in [0, 0.05) is 29.8 Å². The summed E-state index contributed by atoms with van der Waals surface area (Å²) in [5, 5.41) is 5.44. The molecule has 7 nitrogen and oxygen atoms in total. The maximum absolute atomic E-state index is 12.7. The highest BCUT2D eigenvalue weighted by Gasteiger charge is 2.37. The number of nitrogens with one attached hydrogen (secondary N) is 2. The van der Waals surface area contributed by atoms with Gasteiger partial charge < -0.3 is 15.4 Å². The molecule has 0 unspecified atom stereocenters. The van der Waals surface area contributed by atoms with E-state index >= 15 is 0 Å². The van der Waals surface area contributed by atoms with Gasteiger partial charge in [-0.1, -0.05) is 0 Å². The van der Waals surface area contributed by atoms with E-state index in [4.69, 9.17) is 4.74 Å². The summed E-state index contributed by atoms with van der Waals surface area (Å²) in [6.45, 7) is 2.01. The van der Waals surface area contributed by atoms with E-state index in [2.05, 4.69) is 10.6 Å². The van der Waals surface area contributed by atoms with Crippen molar-refractivity contribution in [3.8, 4) is 0 Å². The molecule has 3 rings (SSSR count). The Morgan fingerprint density at radius 3 is 2.62 bits per heavy atom. The molecule has 1 aliphatic carbocycles. The van der Waals surface area contributed by atoms with Gasteiger partial charge in [0.15, 0.2) is 5.78 Å². The van der Waals surface area contributed by atoms with Crippen LogP contribution in [0.5, 0.6) is 0 Å². The van der Waals surface area contributed by atoms with Gasteiger partial charge in [-0.05, 0) is 44.0 Å². The fourth-order valence-corrected chi connectivity index (χ4v) is 3.26. The van der Waals surface area contributed by atoms with E-state index < -0.39 is 17.8 Å². The van der Waals surface area contributed by atoms with Crippen LogP contribution < -0.4 is 10.6 Å². The fraction of sp³-hybridized carbons (Fsp3) is 0.368. The van der Waals surface area contributed by atoms with Crippen LogP contribution in [0.2, 0.25) is 0 Å². The van der Waals surface area contributed by atoms with Crippen LogP contribution in [-0.4, -0.2) is 30.2 Å². The highest BCUT2D eigenvalue weighted by molar-refractivity contribution is 6.09. The topological polar surface area (TPSA) is 102 Å². The number of hydrogen-bond acceptors (Lipinski definition) is 5. The number of anilines is 1. The van der Waals surface area contributed by atoms with Crippen molar-refractivity contribution < 1.29 is 23.9 Å². The summed E-state index contributed by atoms with van der Waals surface area (Å²) in [6, 6.07) is 6.28. The molecule has 0 saturated carbocycles. The standard InChI is InChI=1S/C19H20N2O5/c1-2-26-19(25)11-6-8-12(9-7-11)20-18(24)13-10-16(23)21-14-4-3-5-15(22)17(13)14/h6-9,13H,2-5,10H2,1H3,(H,20,24)(H,21,23)/t13-/m0/s1. The smallest absolute Gasteiger partial charge is 0.338 e. The fourth-order valence-electron chi connectivity index (χ4n) is 3.26. The molecule has 0 fully saturated rings. The largest absolute Gasteiger partial charge is 0.462 e. The van der Waals surface area contributed by atoms with Crippen LogP contribution in [0.15, 0.2) is 35.5 Å². The highest BCUT2D eigenvalue weighted by Crippen LogP contribution is 2.32. The maximum atomic E-state index is 12.7. The lowest BCUT2D eigenvalue weighted by atomic mass is 9.81. The molecule has 0 aromatic heterocycles. The monoisotopic (exact) mass is 356 g/mol. The average molecular weight is 356 g/mol. The molecule has 26 heavy (non-hydrogen) atoms. The van der Waals surface area contributed by atoms with Crippen molar-refractivity contribution in [1.29, 1.82) is 0 Å². The first-order chi connectivity index (χ1) is 12.5. The number of carbonyl (C=O) groups is 4. The zero-order valence-electron chi connectivity index (χ0n) is 14.5. The Hall–Kier alpha value is -2.96. The van der Waals surface area contributed by atoms with Crippen molar-refractivity contribution in [2.45, 2.75) is 32.6 Å². The normalized spacial score (nSPS) is 19.5. The maximum Gasteiger partial charge on any atom is 0.338 e. The van der Waals surface area contributed by atoms with Gasteiger partial charge >= 0.3 is 5.97 Å². The number of allylic oxidation sites excluding steroid dienone is 1. The zero-order valence-corrected chi connectivity index (χ0v) is 14.5. The van der Waals surface area contributed by atoms with Crippen molar-refractivity contribution in [3.63, 3.8) is 0 Å². The van der Waals surface area contributed by atoms with Crippen LogP contribution in [-0.2, 0) is 19.1 Å². The first kappa shape index (κ1) is 17.8. The number of Topliss-reactive ketones (excluding diaryl/α,β-unsaturated/α-hetero) is 1. The molecular formula is C19H20N2O5. The minimum Gasteiger partial charge on any atom is -0.462 e. The lowest BCUT2D eigenvalue weighted by Gasteiger charge is -2.30. The van der Waals surface area contributed by atoms with Crippen LogP contribution in [0.1, 0.15) is 43.0 Å². The summed E-state index contributed by atoms with van der Waals surface area (Å²) in [7, 11) is 0. The number of hydrogen-bond donors (Lipinski definition) is 2. The van der Waals surface area contributed by atoms with Gasteiger partial charge in [0.25, 0.3) is 0 Å². The van der Waals surface area contributed by atoms with Crippen molar-refractivity contribution >= 4 is 29.3 Å². The molecular weight excluding hydrogens is 336 g/mol. The van der Waals surface area contributed by atoms with Crippen molar-refractivity contribution in [2.24, 2.45) is 5.92 Å². The number of benzene rings is 1. The van der Waals surface area contributed by atoms with Gasteiger partial charge in [0.05, 0.1) is 18.1 Å². The molecule has 1 aromatic rings. The summed E-state index contributed by atoms with van der Waals surface area (Å²) in [5.41, 5.74) is 1.88. The molecule has 2 N–H and O–H groups in total. The zero-order chi connectivity index (χ0) is 18.7. The van der Waals surface area contributed by atoms with Crippen LogP contribution in [0.25, 0.3) is 0 Å². The van der Waals surface area contributed by atoms with Gasteiger partial charge in [-0.25, -0.2) is 4.79 Å². The quantitative estimate of drug-likeness (QED) is 0.803. The Labute approximate surface area is 150 Å². The first-order valence-electron chi connectivity index (χ1n) is 8.63. The summed E-state index contributed by atoms with van der Waals surface area (Å²) in [4.78, 5) is 48.5. The minimum atomic E-state index is -0.781. The third-order valence-corrected chi connectivity index (χ3v) is 4.46. The number of ketones is 1. The van der Waals surface area contributed by atoms with E-state index in [-0.39, 0.29) is 24.7 Å². The third kappa shape index (κ3) is 3.66. The van der Waals surface area contributed by atoms with Gasteiger partial charge in [-0.2, -0.15) is 0 Å². The molecule has 0 bridgehead atoms. The Balaban J connectivity index is 1.75. The van der Waals surface area contributed by atoms with Crippen molar-refractivity contribution in [1.82, 2.24) is 5.32 Å². The molecule has 2 aliphatic rings. The van der Waals surface area contributed by atoms with Crippen molar-refractivity contribution in [3.05, 3.63) is 41.1 Å². The van der Waals surface area contributed by atoms with E-state index in [0.717, 1.165) is 0 Å². The molecule has 2 amide bonds. The minimum absolute atomic E-state index is 0.0443. The van der Waals surface area contributed by atoms with E-state index in [1.807, 2.05) is 0 Å². The molecule has 0 spiro atoms. The second-order valence-corrected chi connectivity index (χ2v) is 6.26. The van der Waals surface area contributed by atoms with Crippen LogP contribution >= 0.6 is 0 Å². The molecule has 1 atom stereocenters. The Bertz CT molecular complexity index is 795. The number of rotatable bonds is 4. The predicted molar refractivity (Wildman–Crippen MR) is 93.2 cm³/mol. The first-order valence-corrected chi connectivity index (χ1v) is 8.63. The van der Waals surface area contributed by atoms with Crippen LogP contribution in [0.4, 0.5) is 5.69 Å². The summed E-state index contributed by atoms with van der Waals surface area (Å²) >= 11 is 0. The van der Waals surface area contributed by atoms with Crippen LogP contribution in [0.3, 0.4) is 0 Å². The third-order valence-electron chi connectivity index (χ3n) is 4.46. The average Bonchev–Trinajstić information content (AvgIpc) is 2.61. The summed E-state index contributed by atoms with van der Waals surface area (Å²) < 4.78 is 4.91. The number of amides is 2. The van der Waals surface area contributed by atoms with E-state index in [1.165, 1.54) is 0 Å². The van der Waals surface area contributed by atoms with Gasteiger partial charge in [-0.3, -0.25) is 14.4 Å². The van der Waals surface area contributed by atoms with Gasteiger partial charge in [-0.15, -0.1) is 0 Å². The molecule has 1 heterocycles.